The molecule has 27 heavy (non-hydrogen) atoms. The van der Waals surface area contributed by atoms with E-state index in [1.165, 1.54) is 6.92 Å². The quantitative estimate of drug-likeness (QED) is 0.807. The maximum absolute atomic E-state index is 13.1. The summed E-state index contributed by atoms with van der Waals surface area (Å²) in [5.41, 5.74) is 0.898. The van der Waals surface area contributed by atoms with Crippen LogP contribution in [0.25, 0.3) is 5.52 Å². The zero-order valence-corrected chi connectivity index (χ0v) is 16.0. The van der Waals surface area contributed by atoms with Crippen molar-refractivity contribution in [2.24, 2.45) is 0 Å². The van der Waals surface area contributed by atoms with Gasteiger partial charge in [-0.15, -0.1) is 0 Å². The number of hydrogen-bond donors (Lipinski definition) is 0. The van der Waals surface area contributed by atoms with Crippen LogP contribution in [0.3, 0.4) is 0 Å². The van der Waals surface area contributed by atoms with Crippen LogP contribution >= 0.6 is 0 Å². The summed E-state index contributed by atoms with van der Waals surface area (Å²) in [7, 11) is 0. The van der Waals surface area contributed by atoms with E-state index in [0.29, 0.717) is 44.8 Å². The predicted octanol–water partition coefficient (Wildman–Crippen LogP) is 1.12. The fraction of sp³-hybridized carbons (Fsp3) is 0.474. The van der Waals surface area contributed by atoms with E-state index in [9.17, 15) is 14.4 Å². The second kappa shape index (κ2) is 7.77. The number of aromatic nitrogens is 2. The normalized spacial score (nSPS) is 14.5. The molecule has 0 saturated carbocycles. The number of rotatable bonds is 4. The summed E-state index contributed by atoms with van der Waals surface area (Å²) in [6.07, 6.45) is 1.75. The van der Waals surface area contributed by atoms with Crippen LogP contribution in [0.2, 0.25) is 0 Å². The van der Waals surface area contributed by atoms with Gasteiger partial charge < -0.3 is 14.7 Å². The molecule has 8 heteroatoms. The summed E-state index contributed by atoms with van der Waals surface area (Å²) in [6.45, 7) is 8.46. The monoisotopic (exact) mass is 371 g/mol. The van der Waals surface area contributed by atoms with Crippen LogP contribution in [0, 0.1) is 0 Å². The van der Waals surface area contributed by atoms with Crippen LogP contribution in [0.5, 0.6) is 0 Å². The molecule has 0 N–H and O–H groups in total. The number of fused-ring (bicyclic) bond motifs is 1. The van der Waals surface area contributed by atoms with Crippen LogP contribution in [-0.2, 0) is 4.79 Å². The maximum atomic E-state index is 13.1. The standard InChI is InChI=1S/C19H25N5O3/c1-4-21(5-2)19(27)17-20-16(15-8-6-7-9-24(15)17)18(26)23-12-10-22(11-13-23)14(3)25/h6-9H,4-5,10-13H2,1-3H3. The zero-order chi connectivity index (χ0) is 19.6. The molecular weight excluding hydrogens is 346 g/mol. The molecule has 0 spiro atoms. The lowest BCUT2D eigenvalue weighted by Gasteiger charge is -2.33. The van der Waals surface area contributed by atoms with Gasteiger partial charge in [-0.2, -0.15) is 0 Å². The molecule has 1 aliphatic heterocycles. The van der Waals surface area contributed by atoms with Crippen LogP contribution in [-0.4, -0.2) is 81.1 Å². The van der Waals surface area contributed by atoms with Crippen molar-refractivity contribution in [3.05, 3.63) is 35.9 Å². The first-order valence-electron chi connectivity index (χ1n) is 9.29. The minimum Gasteiger partial charge on any atom is -0.339 e. The van der Waals surface area contributed by atoms with Gasteiger partial charge in [-0.25, -0.2) is 4.98 Å². The molecule has 1 fully saturated rings. The molecule has 8 nitrogen and oxygen atoms in total. The van der Waals surface area contributed by atoms with E-state index < -0.39 is 0 Å². The summed E-state index contributed by atoms with van der Waals surface area (Å²) in [5.74, 6) is -0.135. The van der Waals surface area contributed by atoms with Crippen LogP contribution in [0.4, 0.5) is 0 Å². The van der Waals surface area contributed by atoms with Crippen molar-refractivity contribution in [3.63, 3.8) is 0 Å². The Balaban J connectivity index is 1.92. The highest BCUT2D eigenvalue weighted by atomic mass is 16.2. The lowest BCUT2D eigenvalue weighted by molar-refractivity contribution is -0.130. The summed E-state index contributed by atoms with van der Waals surface area (Å²) < 4.78 is 1.68. The van der Waals surface area contributed by atoms with Crippen molar-refractivity contribution in [1.82, 2.24) is 24.1 Å². The molecule has 1 aliphatic rings. The third-order valence-electron chi connectivity index (χ3n) is 5.01. The van der Waals surface area contributed by atoms with Gasteiger partial charge in [-0.05, 0) is 26.0 Å². The van der Waals surface area contributed by atoms with E-state index >= 15 is 0 Å². The first kappa shape index (κ1) is 18.9. The zero-order valence-electron chi connectivity index (χ0n) is 16.0. The predicted molar refractivity (Wildman–Crippen MR) is 101 cm³/mol. The Bertz CT molecular complexity index is 863. The number of carbonyl (C=O) groups is 3. The third kappa shape index (κ3) is 3.51. The highest BCUT2D eigenvalue weighted by molar-refractivity contribution is 6.02. The van der Waals surface area contributed by atoms with Crippen LogP contribution in [0.1, 0.15) is 41.9 Å². The van der Waals surface area contributed by atoms with Gasteiger partial charge in [0.1, 0.15) is 0 Å². The van der Waals surface area contributed by atoms with E-state index in [2.05, 4.69) is 4.98 Å². The topological polar surface area (TPSA) is 78.2 Å². The number of nitrogens with zero attached hydrogens (tertiary/aromatic N) is 5. The number of amides is 3. The average Bonchev–Trinajstić information content (AvgIpc) is 3.08. The maximum Gasteiger partial charge on any atom is 0.290 e. The highest BCUT2D eigenvalue weighted by Crippen LogP contribution is 2.18. The molecule has 0 aromatic carbocycles. The molecule has 144 valence electrons. The second-order valence-corrected chi connectivity index (χ2v) is 6.52. The van der Waals surface area contributed by atoms with Gasteiger partial charge >= 0.3 is 0 Å². The first-order valence-corrected chi connectivity index (χ1v) is 9.29. The molecule has 0 bridgehead atoms. The van der Waals surface area contributed by atoms with Gasteiger partial charge in [0.15, 0.2) is 5.69 Å². The minimum absolute atomic E-state index is 0.0154. The number of piperazine rings is 1. The van der Waals surface area contributed by atoms with Crippen LogP contribution in [0.15, 0.2) is 24.4 Å². The molecule has 1 saturated heterocycles. The van der Waals surface area contributed by atoms with Crippen molar-refractivity contribution < 1.29 is 14.4 Å². The Morgan fingerprint density at radius 2 is 1.67 bits per heavy atom. The van der Waals surface area contributed by atoms with E-state index in [1.54, 1.807) is 31.4 Å². The van der Waals surface area contributed by atoms with Crippen molar-refractivity contribution in [1.29, 1.82) is 0 Å². The molecule has 3 heterocycles. The van der Waals surface area contributed by atoms with E-state index in [0.717, 1.165) is 0 Å². The van der Waals surface area contributed by atoms with Gasteiger partial charge in [0, 0.05) is 52.4 Å². The van der Waals surface area contributed by atoms with E-state index in [4.69, 9.17) is 0 Å². The molecule has 0 unspecified atom stereocenters. The Hall–Kier alpha value is -2.90. The van der Waals surface area contributed by atoms with Crippen LogP contribution < -0.4 is 0 Å². The summed E-state index contributed by atoms with van der Waals surface area (Å²) >= 11 is 0. The Kier molecular flexibility index (Phi) is 5.43. The van der Waals surface area contributed by atoms with Gasteiger partial charge in [-0.3, -0.25) is 18.8 Å². The number of hydrogen-bond acceptors (Lipinski definition) is 4. The highest BCUT2D eigenvalue weighted by Gasteiger charge is 2.29. The molecule has 2 aromatic rings. The number of carbonyl (C=O) groups excluding carboxylic acids is 3. The fourth-order valence-corrected chi connectivity index (χ4v) is 3.37. The second-order valence-electron chi connectivity index (χ2n) is 6.52. The smallest absolute Gasteiger partial charge is 0.290 e. The van der Waals surface area contributed by atoms with E-state index in [1.807, 2.05) is 26.0 Å². The number of pyridine rings is 1. The van der Waals surface area contributed by atoms with Crippen molar-refractivity contribution in [3.8, 4) is 0 Å². The molecule has 3 rings (SSSR count). The molecule has 0 aliphatic carbocycles. The largest absolute Gasteiger partial charge is 0.339 e. The third-order valence-corrected chi connectivity index (χ3v) is 5.01. The lowest BCUT2D eigenvalue weighted by atomic mass is 10.2. The molecule has 2 aromatic heterocycles. The average molecular weight is 371 g/mol. The Morgan fingerprint density at radius 3 is 2.26 bits per heavy atom. The Labute approximate surface area is 158 Å². The van der Waals surface area contributed by atoms with Crippen molar-refractivity contribution in [2.45, 2.75) is 20.8 Å². The minimum atomic E-state index is -0.208. The molecule has 0 atom stereocenters. The molecule has 0 radical (unpaired) electrons. The van der Waals surface area contributed by atoms with E-state index in [-0.39, 0.29) is 29.2 Å². The van der Waals surface area contributed by atoms with Gasteiger partial charge in [0.25, 0.3) is 11.8 Å². The summed E-state index contributed by atoms with van der Waals surface area (Å²) in [6, 6.07) is 5.44. The SMILES string of the molecule is CCN(CC)C(=O)c1nc(C(=O)N2CCN(C(C)=O)CC2)c2ccccn12. The Morgan fingerprint density at radius 1 is 1.04 bits per heavy atom. The number of imidazole rings is 1. The molecule has 3 amide bonds. The fourth-order valence-electron chi connectivity index (χ4n) is 3.37. The van der Waals surface area contributed by atoms with Gasteiger partial charge in [0.2, 0.25) is 11.7 Å². The summed E-state index contributed by atoms with van der Waals surface area (Å²) in [4.78, 5) is 46.9. The van der Waals surface area contributed by atoms with Gasteiger partial charge in [-0.1, -0.05) is 6.07 Å². The van der Waals surface area contributed by atoms with Crippen molar-refractivity contribution >= 4 is 23.2 Å². The summed E-state index contributed by atoms with van der Waals surface area (Å²) in [5, 5.41) is 0. The first-order chi connectivity index (χ1) is 13.0. The van der Waals surface area contributed by atoms with Gasteiger partial charge in [0.05, 0.1) is 5.52 Å². The lowest BCUT2D eigenvalue weighted by Crippen LogP contribution is -2.50. The molecular formula is C19H25N5O3. The van der Waals surface area contributed by atoms with Crippen molar-refractivity contribution in [2.75, 3.05) is 39.3 Å².